The summed E-state index contributed by atoms with van der Waals surface area (Å²) < 4.78 is 19.1. The number of aliphatic imine (C=N–C) groups is 1. The number of hydrogen-bond acceptors (Lipinski definition) is 3. The molecule has 1 unspecified atom stereocenters. The van der Waals surface area contributed by atoms with Crippen molar-refractivity contribution in [1.82, 2.24) is 0 Å². The van der Waals surface area contributed by atoms with E-state index in [0.29, 0.717) is 6.42 Å². The fraction of sp³-hybridized carbons (Fsp3) is 0.0175. The second-order valence-corrected chi connectivity index (χ2v) is 24.7. The molecule has 0 spiro atoms. The van der Waals surface area contributed by atoms with Gasteiger partial charge in [-0.2, -0.15) is 0 Å². The van der Waals surface area contributed by atoms with Crippen LogP contribution in [0.2, 0.25) is 0 Å². The van der Waals surface area contributed by atoms with Crippen LogP contribution in [-0.2, 0) is 6.42 Å². The number of furan rings is 1. The van der Waals surface area contributed by atoms with Crippen molar-refractivity contribution in [3.63, 3.8) is 0 Å². The summed E-state index contributed by atoms with van der Waals surface area (Å²) in [7, 11) is 0. The normalized spacial score (nSPS) is 17.2. The van der Waals surface area contributed by atoms with E-state index in [-0.39, 0.29) is 0 Å². The monoisotopic (exact) mass is 907 g/mol. The Kier molecular flexibility index (Phi) is 6.93. The second-order valence-electron chi connectivity index (χ2n) is 16.3. The van der Waals surface area contributed by atoms with E-state index >= 15 is 0 Å². The van der Waals surface area contributed by atoms with Gasteiger partial charge < -0.3 is 0 Å². The van der Waals surface area contributed by atoms with Crippen molar-refractivity contribution in [1.29, 1.82) is 0 Å². The number of nitrogens with zero attached hydrogens (tertiary/aromatic N) is 1. The van der Waals surface area contributed by atoms with Crippen molar-refractivity contribution in [2.24, 2.45) is 4.99 Å². The molecule has 12 aromatic rings. The van der Waals surface area contributed by atoms with Crippen molar-refractivity contribution >= 4 is 130 Å². The van der Waals surface area contributed by atoms with E-state index in [2.05, 4.69) is 176 Å². The molecular formula is C57H34INOS. The van der Waals surface area contributed by atoms with E-state index in [1.165, 1.54) is 95.9 Å². The number of para-hydroxylation sites is 1. The zero-order chi connectivity index (χ0) is 40.0. The third kappa shape index (κ3) is 4.51. The molecule has 0 fully saturated rings. The third-order valence-corrected chi connectivity index (χ3v) is 23.5. The summed E-state index contributed by atoms with van der Waals surface area (Å²) in [5.41, 5.74) is 6.57. The maximum atomic E-state index is 6.67. The van der Waals surface area contributed by atoms with Crippen LogP contribution in [0.4, 0.5) is 5.69 Å². The number of allylic oxidation sites excluding steroid dienone is 2. The van der Waals surface area contributed by atoms with E-state index in [0.717, 1.165) is 33.7 Å². The van der Waals surface area contributed by atoms with Crippen molar-refractivity contribution in [2.45, 2.75) is 6.42 Å². The third-order valence-electron chi connectivity index (χ3n) is 13.2. The van der Waals surface area contributed by atoms with Crippen molar-refractivity contribution in [3.8, 4) is 11.1 Å². The van der Waals surface area contributed by atoms with Gasteiger partial charge in [-0.25, -0.2) is 0 Å². The number of thiophene rings is 1. The van der Waals surface area contributed by atoms with Crippen LogP contribution in [0.25, 0.3) is 96.1 Å². The van der Waals surface area contributed by atoms with Gasteiger partial charge in [-0.3, -0.25) is 0 Å². The Morgan fingerprint density at radius 3 is 1.95 bits per heavy atom. The molecule has 0 radical (unpaired) electrons. The summed E-state index contributed by atoms with van der Waals surface area (Å²) >= 11 is -1.84. The Labute approximate surface area is 358 Å². The fourth-order valence-corrected chi connectivity index (χ4v) is 21.9. The first-order valence-electron chi connectivity index (χ1n) is 20.8. The van der Waals surface area contributed by atoms with E-state index < -0.39 is 18.0 Å². The summed E-state index contributed by atoms with van der Waals surface area (Å²) in [5, 5.41) is 16.5. The van der Waals surface area contributed by atoms with Gasteiger partial charge in [-0.15, -0.1) is 0 Å². The first kappa shape index (κ1) is 34.0. The van der Waals surface area contributed by atoms with Gasteiger partial charge in [0.25, 0.3) is 0 Å². The molecule has 0 N–H and O–H groups in total. The van der Waals surface area contributed by atoms with Gasteiger partial charge in [-0.05, 0) is 0 Å². The van der Waals surface area contributed by atoms with Crippen LogP contribution in [0, 0.1) is 7.14 Å². The predicted molar refractivity (Wildman–Crippen MR) is 271 cm³/mol. The molecule has 2 aromatic heterocycles. The minimum absolute atomic E-state index is 0.638. The van der Waals surface area contributed by atoms with Gasteiger partial charge in [0.15, 0.2) is 0 Å². The Hall–Kier alpha value is -6.73. The van der Waals surface area contributed by atoms with Crippen molar-refractivity contribution in [2.75, 3.05) is 0 Å². The molecule has 0 amide bonds. The summed E-state index contributed by atoms with van der Waals surface area (Å²) in [4.78, 5) is 5.85. The standard InChI is InChI=1S/C57H34INOS/c1-58(46-24-12-10-22-43(46)51-41-20-8-9-21-42(41)53-52-35-15-3-2-14-33(35)27-31-50(52)61-57(53)54(51)58)47-29-30-49-56(44-23-11-13-25-48(44)60-49)59-55(47)34-26-28-40-38-18-5-4-16-36(38)37-17-6-7-19-39(37)45(40)32-34/h2-29,31-32H,1,30H2. The number of hydrogen-bond donors (Lipinski definition) is 0. The van der Waals surface area contributed by atoms with Gasteiger partial charge in [0.2, 0.25) is 0 Å². The Morgan fingerprint density at radius 1 is 0.541 bits per heavy atom. The SMILES string of the molecule is C=I1(C2=CCc3oc4ccccc4c3N=C2c2ccc3c4ccccc4c4ccccc4c3c2)c2ccccc2-c2c1c1sc3ccc4ccccc4c3c1c1ccccc21. The number of halogens is 1. The van der Waals surface area contributed by atoms with Crippen molar-refractivity contribution in [3.05, 3.63) is 204 Å². The van der Waals surface area contributed by atoms with Crippen LogP contribution in [0.1, 0.15) is 11.3 Å². The maximum absolute atomic E-state index is 6.67. The average Bonchev–Trinajstić information content (AvgIpc) is 3.92. The Balaban J connectivity index is 1.13. The summed E-state index contributed by atoms with van der Waals surface area (Å²) in [6.07, 6.45) is 3.11. The molecule has 2 aliphatic heterocycles. The van der Waals surface area contributed by atoms with Crippen molar-refractivity contribution < 1.29 is 4.42 Å². The molecule has 0 saturated carbocycles. The first-order chi connectivity index (χ1) is 30.1. The topological polar surface area (TPSA) is 25.5 Å². The summed E-state index contributed by atoms with van der Waals surface area (Å²) in [5.74, 6) is 0.902. The zero-order valence-electron chi connectivity index (χ0n) is 32.9. The second kappa shape index (κ2) is 12.4. The van der Waals surface area contributed by atoms with Crippen LogP contribution >= 0.6 is 29.3 Å². The number of benzene rings is 10. The van der Waals surface area contributed by atoms with Crippen LogP contribution < -0.4 is 0 Å². The summed E-state index contributed by atoms with van der Waals surface area (Å²) in [6.45, 7) is 0. The van der Waals surface area contributed by atoms with Gasteiger partial charge >= 0.3 is 361 Å². The molecule has 4 heterocycles. The van der Waals surface area contributed by atoms with Gasteiger partial charge in [0, 0.05) is 0 Å². The molecule has 2 aliphatic rings. The molecule has 0 aliphatic carbocycles. The molecular weight excluding hydrogens is 874 g/mol. The molecule has 61 heavy (non-hydrogen) atoms. The minimum atomic E-state index is -3.79. The van der Waals surface area contributed by atoms with E-state index in [9.17, 15) is 0 Å². The molecule has 14 rings (SSSR count). The molecule has 1 atom stereocenters. The quantitative estimate of drug-likeness (QED) is 0.125. The summed E-state index contributed by atoms with van der Waals surface area (Å²) in [6, 6.07) is 64.9. The molecule has 0 bridgehead atoms. The molecule has 10 aromatic carbocycles. The number of rotatable bonds is 2. The van der Waals surface area contributed by atoms with Crippen LogP contribution in [0.3, 0.4) is 0 Å². The van der Waals surface area contributed by atoms with Crippen LogP contribution in [-0.4, -0.2) is 10.2 Å². The van der Waals surface area contributed by atoms with Gasteiger partial charge in [0.1, 0.15) is 0 Å². The fourth-order valence-electron chi connectivity index (χ4n) is 10.6. The van der Waals surface area contributed by atoms with Gasteiger partial charge in [0.05, 0.1) is 0 Å². The molecule has 4 heteroatoms. The molecule has 2 nitrogen and oxygen atoms in total. The zero-order valence-corrected chi connectivity index (χ0v) is 35.9. The molecule has 286 valence electrons. The van der Waals surface area contributed by atoms with Gasteiger partial charge in [-0.1, -0.05) is 0 Å². The predicted octanol–water partition coefficient (Wildman–Crippen LogP) is 16.3. The first-order valence-corrected chi connectivity index (χ1v) is 26.3. The average molecular weight is 908 g/mol. The van der Waals surface area contributed by atoms with E-state index in [4.69, 9.17) is 13.9 Å². The van der Waals surface area contributed by atoms with E-state index in [1.54, 1.807) is 0 Å². The van der Waals surface area contributed by atoms with Crippen LogP contribution in [0.5, 0.6) is 0 Å². The van der Waals surface area contributed by atoms with Crippen LogP contribution in [0.15, 0.2) is 195 Å². The number of fused-ring (bicyclic) bond motifs is 21. The Bertz CT molecular complexity index is 4030. The molecule has 0 saturated heterocycles. The Morgan fingerprint density at radius 2 is 1.16 bits per heavy atom. The van der Waals surface area contributed by atoms with E-state index in [1.807, 2.05) is 17.4 Å².